The Balaban J connectivity index is 0.000000296. The number of phenolic OH excluding ortho intramolecular Hbond substituents is 1. The molecule has 0 fully saturated rings. The summed E-state index contributed by atoms with van der Waals surface area (Å²) in [6.07, 6.45) is -9.37. The fraction of sp³-hybridized carbons (Fsp3) is 0.250. The first kappa shape index (κ1) is 26.0. The lowest BCUT2D eigenvalue weighted by molar-refractivity contribution is -0.275. The summed E-state index contributed by atoms with van der Waals surface area (Å²) in [5.41, 5.74) is 0. The van der Waals surface area contributed by atoms with Crippen molar-refractivity contribution in [3.05, 3.63) is 43.5 Å². The van der Waals surface area contributed by atoms with Gasteiger partial charge in [-0.1, -0.05) is 0 Å². The maximum atomic E-state index is 11.9. The van der Waals surface area contributed by atoms with Crippen molar-refractivity contribution in [2.45, 2.75) is 12.7 Å². The van der Waals surface area contributed by atoms with Gasteiger partial charge in [-0.3, -0.25) is 0 Å². The summed E-state index contributed by atoms with van der Waals surface area (Å²) in [5, 5.41) is 9.00. The Labute approximate surface area is 193 Å². The van der Waals surface area contributed by atoms with Crippen LogP contribution in [0.5, 0.6) is 23.0 Å². The summed E-state index contributed by atoms with van der Waals surface area (Å²) in [5.74, 6) is 0.118. The maximum absolute atomic E-state index is 11.9. The van der Waals surface area contributed by atoms with Crippen LogP contribution in [0.25, 0.3) is 0 Å². The summed E-state index contributed by atoms with van der Waals surface area (Å²) in [7, 11) is 0. The second kappa shape index (κ2) is 11.4. The van der Waals surface area contributed by atoms with Gasteiger partial charge in [0.15, 0.2) is 0 Å². The predicted octanol–water partition coefficient (Wildman–Crippen LogP) is 6.70. The van der Waals surface area contributed by atoms with Gasteiger partial charge in [-0.15, -0.1) is 37.9 Å². The van der Waals surface area contributed by atoms with E-state index in [1.165, 1.54) is 18.2 Å². The van der Waals surface area contributed by atoms with Crippen molar-refractivity contribution in [3.8, 4) is 23.0 Å². The molecular formula is C16H11ClF6I2O4. The molecule has 4 nitrogen and oxygen atoms in total. The van der Waals surface area contributed by atoms with Gasteiger partial charge in [0.1, 0.15) is 29.6 Å². The molecule has 0 radical (unpaired) electrons. The molecule has 0 aliphatic rings. The average molecular weight is 671 g/mol. The first-order valence-corrected chi connectivity index (χ1v) is 9.98. The number of rotatable bonds is 5. The van der Waals surface area contributed by atoms with E-state index >= 15 is 0 Å². The van der Waals surface area contributed by atoms with Gasteiger partial charge in [0, 0.05) is 0 Å². The first-order valence-electron chi connectivity index (χ1n) is 7.29. The summed E-state index contributed by atoms with van der Waals surface area (Å²) in [6, 6.07) is 7.14. The topological polar surface area (TPSA) is 47.9 Å². The van der Waals surface area contributed by atoms with Crippen molar-refractivity contribution in [1.82, 2.24) is 0 Å². The minimum Gasteiger partial charge on any atom is -0.507 e. The zero-order valence-electron chi connectivity index (χ0n) is 14.0. The molecule has 2 rings (SSSR count). The van der Waals surface area contributed by atoms with Crippen molar-refractivity contribution >= 4 is 56.8 Å². The van der Waals surface area contributed by atoms with E-state index in [-0.39, 0.29) is 17.2 Å². The molecule has 0 heterocycles. The molecule has 2 aromatic carbocycles. The highest BCUT2D eigenvalue weighted by atomic mass is 127. The highest BCUT2D eigenvalue weighted by Crippen LogP contribution is 2.30. The van der Waals surface area contributed by atoms with Crippen LogP contribution < -0.4 is 14.2 Å². The van der Waals surface area contributed by atoms with Gasteiger partial charge in [0.25, 0.3) is 0 Å². The van der Waals surface area contributed by atoms with E-state index in [1.54, 1.807) is 22.6 Å². The maximum Gasteiger partial charge on any atom is 0.573 e. The standard InChI is InChI=1S/C9H7ClF3IO2.C7H4F3IO2/c10-3-4-15-8-2-1-6(5-7(8)14)16-9(11,12)13;8-7(9,10)13-4-1-2-6(12)5(11)3-4/h1-2,5H,3-4H2;1-3,12H. The van der Waals surface area contributed by atoms with Gasteiger partial charge in [0.05, 0.1) is 13.0 Å². The number of benzene rings is 2. The van der Waals surface area contributed by atoms with E-state index in [0.29, 0.717) is 25.4 Å². The normalized spacial score (nSPS) is 11.3. The largest absolute Gasteiger partial charge is 0.573 e. The fourth-order valence-corrected chi connectivity index (χ4v) is 2.84. The number of hydrogen-bond acceptors (Lipinski definition) is 4. The quantitative estimate of drug-likeness (QED) is 0.219. The zero-order chi connectivity index (χ0) is 22.2. The summed E-state index contributed by atoms with van der Waals surface area (Å²) in [6.45, 7) is 0.303. The minimum absolute atomic E-state index is 0.0740. The van der Waals surface area contributed by atoms with Gasteiger partial charge in [0.2, 0.25) is 0 Å². The molecule has 1 N–H and O–H groups in total. The van der Waals surface area contributed by atoms with Crippen LogP contribution in [0.4, 0.5) is 26.3 Å². The van der Waals surface area contributed by atoms with Crippen LogP contribution in [0, 0.1) is 7.14 Å². The predicted molar refractivity (Wildman–Crippen MR) is 110 cm³/mol. The second-order valence-corrected chi connectivity index (χ2v) is 7.54. The molecule has 0 saturated carbocycles. The minimum atomic E-state index is -4.69. The number of hydrogen-bond donors (Lipinski definition) is 1. The highest BCUT2D eigenvalue weighted by Gasteiger charge is 2.31. The van der Waals surface area contributed by atoms with Crippen LogP contribution in [-0.4, -0.2) is 30.3 Å². The second-order valence-electron chi connectivity index (χ2n) is 4.84. The van der Waals surface area contributed by atoms with Crippen molar-refractivity contribution in [2.75, 3.05) is 12.5 Å². The zero-order valence-corrected chi connectivity index (χ0v) is 19.0. The van der Waals surface area contributed by atoms with Crippen LogP contribution in [0.15, 0.2) is 36.4 Å². The first-order chi connectivity index (χ1) is 13.3. The van der Waals surface area contributed by atoms with Crippen molar-refractivity contribution in [1.29, 1.82) is 0 Å². The Morgan fingerprint density at radius 2 is 1.31 bits per heavy atom. The molecule has 2 aromatic rings. The molecule has 0 aromatic heterocycles. The van der Waals surface area contributed by atoms with Crippen LogP contribution in [0.2, 0.25) is 0 Å². The molecule has 0 saturated heterocycles. The van der Waals surface area contributed by atoms with Gasteiger partial charge < -0.3 is 19.3 Å². The Bertz CT molecular complexity index is 802. The lowest BCUT2D eigenvalue weighted by Crippen LogP contribution is -2.17. The highest BCUT2D eigenvalue weighted by molar-refractivity contribution is 14.1. The molecular weight excluding hydrogens is 659 g/mol. The Hall–Kier alpha value is -1.03. The van der Waals surface area contributed by atoms with Crippen molar-refractivity contribution in [3.63, 3.8) is 0 Å². The average Bonchev–Trinajstić information content (AvgIpc) is 2.55. The van der Waals surface area contributed by atoms with E-state index in [9.17, 15) is 26.3 Å². The molecule has 0 aliphatic heterocycles. The van der Waals surface area contributed by atoms with E-state index in [4.69, 9.17) is 21.4 Å². The third kappa shape index (κ3) is 11.1. The lowest BCUT2D eigenvalue weighted by atomic mass is 10.3. The van der Waals surface area contributed by atoms with Gasteiger partial charge >= 0.3 is 12.7 Å². The molecule has 0 amide bonds. The third-order valence-corrected chi connectivity index (χ3v) is 4.49. The Morgan fingerprint density at radius 1 is 0.828 bits per heavy atom. The number of halogens is 9. The Morgan fingerprint density at radius 3 is 1.72 bits per heavy atom. The van der Waals surface area contributed by atoms with Gasteiger partial charge in [-0.2, -0.15) is 0 Å². The van der Waals surface area contributed by atoms with E-state index in [2.05, 4.69) is 9.47 Å². The van der Waals surface area contributed by atoms with Crippen LogP contribution >= 0.6 is 56.8 Å². The van der Waals surface area contributed by atoms with Crippen molar-refractivity contribution in [2.24, 2.45) is 0 Å². The molecule has 0 unspecified atom stereocenters. The molecule has 0 atom stereocenters. The number of aromatic hydroxyl groups is 1. The molecule has 29 heavy (non-hydrogen) atoms. The lowest BCUT2D eigenvalue weighted by Gasteiger charge is -2.11. The monoisotopic (exact) mass is 670 g/mol. The molecule has 0 aliphatic carbocycles. The summed E-state index contributed by atoms with van der Waals surface area (Å²) < 4.78 is 84.2. The molecule has 0 bridgehead atoms. The molecule has 13 heteroatoms. The Kier molecular flexibility index (Phi) is 10.2. The summed E-state index contributed by atoms with van der Waals surface area (Å²) in [4.78, 5) is 0. The molecule has 0 spiro atoms. The SMILES string of the molecule is FC(F)(F)Oc1ccc(OCCCl)c(I)c1.Oc1ccc(OC(F)(F)F)cc1I. The summed E-state index contributed by atoms with van der Waals surface area (Å²) >= 11 is 8.99. The fourth-order valence-electron chi connectivity index (χ4n) is 1.63. The van der Waals surface area contributed by atoms with E-state index in [0.717, 1.165) is 18.2 Å². The van der Waals surface area contributed by atoms with Crippen LogP contribution in [0.1, 0.15) is 0 Å². The van der Waals surface area contributed by atoms with Crippen molar-refractivity contribution < 1.29 is 45.7 Å². The third-order valence-electron chi connectivity index (χ3n) is 2.62. The van der Waals surface area contributed by atoms with E-state index < -0.39 is 12.7 Å². The van der Waals surface area contributed by atoms with E-state index in [1.807, 2.05) is 22.6 Å². The smallest absolute Gasteiger partial charge is 0.507 e. The molecule has 162 valence electrons. The van der Waals surface area contributed by atoms with Crippen LogP contribution in [0.3, 0.4) is 0 Å². The number of ether oxygens (including phenoxy) is 3. The van der Waals surface area contributed by atoms with Crippen LogP contribution in [-0.2, 0) is 0 Å². The number of alkyl halides is 7. The van der Waals surface area contributed by atoms with Gasteiger partial charge in [-0.25, -0.2) is 0 Å². The number of phenols is 1. The van der Waals surface area contributed by atoms with Gasteiger partial charge in [-0.05, 0) is 81.6 Å².